The minimum atomic E-state index is -0.396. The Hall–Kier alpha value is -3.47. The normalized spacial score (nSPS) is 10.8. The molecule has 3 aromatic carbocycles. The summed E-state index contributed by atoms with van der Waals surface area (Å²) in [6.45, 7) is 0. The van der Waals surface area contributed by atoms with Gasteiger partial charge in [-0.2, -0.15) is 5.10 Å². The van der Waals surface area contributed by atoms with E-state index in [1.54, 1.807) is 18.2 Å². The van der Waals surface area contributed by atoms with Crippen LogP contribution in [-0.2, 0) is 0 Å². The van der Waals surface area contributed by atoms with Crippen molar-refractivity contribution in [2.45, 2.75) is 0 Å². The summed E-state index contributed by atoms with van der Waals surface area (Å²) in [5.41, 5.74) is 1.35. The van der Waals surface area contributed by atoms with Crippen molar-refractivity contribution < 1.29 is 9.18 Å². The third-order valence-electron chi connectivity index (χ3n) is 3.95. The number of hydrogen-bond acceptors (Lipinski definition) is 2. The fraction of sp³-hybridized carbons (Fsp3) is 0. The minimum Gasteiger partial charge on any atom is -0.322 e. The molecule has 122 valence electrons. The first-order chi connectivity index (χ1) is 12.2. The Morgan fingerprint density at radius 2 is 1.72 bits per heavy atom. The smallest absolute Gasteiger partial charge is 0.258 e. The Morgan fingerprint density at radius 3 is 2.56 bits per heavy atom. The molecular weight excluding hydrogens is 317 g/mol. The molecule has 0 radical (unpaired) electrons. The van der Waals surface area contributed by atoms with Crippen molar-refractivity contribution in [3.8, 4) is 5.69 Å². The fourth-order valence-corrected chi connectivity index (χ4v) is 2.68. The van der Waals surface area contributed by atoms with E-state index in [-0.39, 0.29) is 5.91 Å². The first kappa shape index (κ1) is 15.1. The van der Waals surface area contributed by atoms with Crippen LogP contribution in [0, 0.1) is 5.82 Å². The summed E-state index contributed by atoms with van der Waals surface area (Å²) in [4.78, 5) is 12.4. The summed E-state index contributed by atoms with van der Waals surface area (Å²) >= 11 is 0. The lowest BCUT2D eigenvalue weighted by molar-refractivity contribution is 0.102. The van der Waals surface area contributed by atoms with Gasteiger partial charge in [-0.1, -0.05) is 42.5 Å². The van der Waals surface area contributed by atoms with Gasteiger partial charge in [-0.25, -0.2) is 9.07 Å². The number of carbonyl (C=O) groups is 1. The van der Waals surface area contributed by atoms with Crippen LogP contribution in [0.4, 0.5) is 10.1 Å². The van der Waals surface area contributed by atoms with Gasteiger partial charge in [-0.05, 0) is 35.0 Å². The van der Waals surface area contributed by atoms with E-state index < -0.39 is 5.82 Å². The number of anilines is 1. The molecule has 0 aliphatic rings. The molecule has 0 spiro atoms. The molecule has 1 amide bonds. The molecule has 4 aromatic rings. The maximum atomic E-state index is 13.8. The van der Waals surface area contributed by atoms with Crippen molar-refractivity contribution in [3.63, 3.8) is 0 Å². The Morgan fingerprint density at radius 1 is 0.960 bits per heavy atom. The lowest BCUT2D eigenvalue weighted by Crippen LogP contribution is -2.11. The highest BCUT2D eigenvalue weighted by atomic mass is 19.1. The fourth-order valence-electron chi connectivity index (χ4n) is 2.68. The molecular formula is C20H14FN3O. The summed E-state index contributed by atoms with van der Waals surface area (Å²) in [6, 6.07) is 19.9. The highest BCUT2D eigenvalue weighted by Crippen LogP contribution is 2.20. The van der Waals surface area contributed by atoms with Gasteiger partial charge in [-0.3, -0.25) is 4.79 Å². The van der Waals surface area contributed by atoms with Crippen LogP contribution in [0.2, 0.25) is 0 Å². The first-order valence-corrected chi connectivity index (χ1v) is 7.80. The van der Waals surface area contributed by atoms with Gasteiger partial charge < -0.3 is 5.32 Å². The van der Waals surface area contributed by atoms with Crippen LogP contribution in [0.25, 0.3) is 16.5 Å². The standard InChI is InChI=1S/C20H14FN3O/c21-18-7-3-4-8-19(18)24-13-16(12-22-24)20(25)23-17-10-9-14-5-1-2-6-15(14)11-17/h1-13H,(H,23,25). The van der Waals surface area contributed by atoms with Crippen molar-refractivity contribution in [2.75, 3.05) is 5.32 Å². The average molecular weight is 331 g/mol. The van der Waals surface area contributed by atoms with Gasteiger partial charge in [0.1, 0.15) is 11.5 Å². The molecule has 4 rings (SSSR count). The Bertz CT molecular complexity index is 1070. The summed E-state index contributed by atoms with van der Waals surface area (Å²) in [5.74, 6) is -0.690. The molecule has 0 aliphatic carbocycles. The number of nitrogens with one attached hydrogen (secondary N) is 1. The number of halogens is 1. The van der Waals surface area contributed by atoms with Gasteiger partial charge in [0.2, 0.25) is 0 Å². The van der Waals surface area contributed by atoms with Crippen LogP contribution in [-0.4, -0.2) is 15.7 Å². The minimum absolute atomic E-state index is 0.294. The van der Waals surface area contributed by atoms with E-state index in [4.69, 9.17) is 0 Å². The molecule has 0 atom stereocenters. The maximum absolute atomic E-state index is 13.8. The van der Waals surface area contributed by atoms with E-state index in [2.05, 4.69) is 10.4 Å². The average Bonchev–Trinajstić information content (AvgIpc) is 3.12. The summed E-state index contributed by atoms with van der Waals surface area (Å²) < 4.78 is 15.2. The van der Waals surface area contributed by atoms with E-state index in [0.717, 1.165) is 10.8 Å². The van der Waals surface area contributed by atoms with Crippen LogP contribution < -0.4 is 5.32 Å². The van der Waals surface area contributed by atoms with Gasteiger partial charge in [0.15, 0.2) is 0 Å². The second-order valence-electron chi connectivity index (χ2n) is 5.64. The van der Waals surface area contributed by atoms with Gasteiger partial charge in [0, 0.05) is 11.9 Å². The molecule has 25 heavy (non-hydrogen) atoms. The van der Waals surface area contributed by atoms with Gasteiger partial charge in [-0.15, -0.1) is 0 Å². The quantitative estimate of drug-likeness (QED) is 0.604. The van der Waals surface area contributed by atoms with E-state index in [1.807, 2.05) is 42.5 Å². The summed E-state index contributed by atoms with van der Waals surface area (Å²) in [6.07, 6.45) is 2.93. The van der Waals surface area contributed by atoms with Crippen molar-refractivity contribution >= 4 is 22.4 Å². The third kappa shape index (κ3) is 2.99. The number of amides is 1. The zero-order valence-electron chi connectivity index (χ0n) is 13.2. The molecule has 0 unspecified atom stereocenters. The molecule has 4 nitrogen and oxygen atoms in total. The number of aromatic nitrogens is 2. The summed E-state index contributed by atoms with van der Waals surface area (Å²) in [7, 11) is 0. The molecule has 1 N–H and O–H groups in total. The van der Waals surface area contributed by atoms with Gasteiger partial charge >= 0.3 is 0 Å². The number of benzene rings is 3. The van der Waals surface area contributed by atoms with E-state index in [1.165, 1.54) is 23.1 Å². The number of rotatable bonds is 3. The molecule has 0 fully saturated rings. The number of carbonyl (C=O) groups excluding carboxylic acids is 1. The predicted molar refractivity (Wildman–Crippen MR) is 95.4 cm³/mol. The number of fused-ring (bicyclic) bond motifs is 1. The van der Waals surface area contributed by atoms with Crippen molar-refractivity contribution in [1.82, 2.24) is 9.78 Å². The first-order valence-electron chi connectivity index (χ1n) is 7.80. The molecule has 0 saturated carbocycles. The zero-order chi connectivity index (χ0) is 17.2. The number of para-hydroxylation sites is 1. The molecule has 1 aromatic heterocycles. The highest BCUT2D eigenvalue weighted by Gasteiger charge is 2.11. The Labute approximate surface area is 143 Å². The maximum Gasteiger partial charge on any atom is 0.258 e. The molecule has 0 saturated heterocycles. The molecule has 5 heteroatoms. The monoisotopic (exact) mass is 331 g/mol. The van der Waals surface area contributed by atoms with Crippen molar-refractivity contribution in [2.24, 2.45) is 0 Å². The van der Waals surface area contributed by atoms with E-state index in [0.29, 0.717) is 16.9 Å². The van der Waals surface area contributed by atoms with Crippen molar-refractivity contribution in [3.05, 3.63) is 90.5 Å². The highest BCUT2D eigenvalue weighted by molar-refractivity contribution is 6.05. The molecule has 0 aliphatic heterocycles. The lowest BCUT2D eigenvalue weighted by atomic mass is 10.1. The Kier molecular flexibility index (Phi) is 3.74. The van der Waals surface area contributed by atoms with Crippen LogP contribution in [0.1, 0.15) is 10.4 Å². The third-order valence-corrected chi connectivity index (χ3v) is 3.95. The second kappa shape index (κ2) is 6.20. The van der Waals surface area contributed by atoms with Crippen LogP contribution in [0.5, 0.6) is 0 Å². The topological polar surface area (TPSA) is 46.9 Å². The summed E-state index contributed by atoms with van der Waals surface area (Å²) in [5, 5.41) is 9.07. The van der Waals surface area contributed by atoms with Crippen LogP contribution in [0.15, 0.2) is 79.1 Å². The predicted octanol–water partition coefficient (Wildman–Crippen LogP) is 4.42. The van der Waals surface area contributed by atoms with E-state index in [9.17, 15) is 9.18 Å². The molecule has 1 heterocycles. The van der Waals surface area contributed by atoms with Crippen molar-refractivity contribution in [1.29, 1.82) is 0 Å². The lowest BCUT2D eigenvalue weighted by Gasteiger charge is -2.05. The SMILES string of the molecule is O=C(Nc1ccc2ccccc2c1)c1cnn(-c2ccccc2F)c1. The number of nitrogens with zero attached hydrogens (tertiary/aromatic N) is 2. The second-order valence-corrected chi connectivity index (χ2v) is 5.64. The van der Waals surface area contributed by atoms with Gasteiger partial charge in [0.25, 0.3) is 5.91 Å². The Balaban J connectivity index is 1.58. The zero-order valence-corrected chi connectivity index (χ0v) is 13.2. The van der Waals surface area contributed by atoms with E-state index >= 15 is 0 Å². The molecule has 0 bridgehead atoms. The number of hydrogen-bond donors (Lipinski definition) is 1. The van der Waals surface area contributed by atoms with Gasteiger partial charge in [0.05, 0.1) is 11.8 Å². The van der Waals surface area contributed by atoms with Crippen LogP contribution in [0.3, 0.4) is 0 Å². The largest absolute Gasteiger partial charge is 0.322 e. The van der Waals surface area contributed by atoms with Crippen LogP contribution >= 0.6 is 0 Å².